The number of halogens is 2. The first-order valence-electron chi connectivity index (χ1n) is 11.5. The molecule has 0 radical (unpaired) electrons. The van der Waals surface area contributed by atoms with Gasteiger partial charge in [0.15, 0.2) is 12.2 Å². The van der Waals surface area contributed by atoms with Crippen LogP contribution in [0.1, 0.15) is 15.9 Å². The Labute approximate surface area is 232 Å². The van der Waals surface area contributed by atoms with Gasteiger partial charge in [-0.05, 0) is 48.0 Å². The van der Waals surface area contributed by atoms with E-state index < -0.39 is 36.0 Å². The van der Waals surface area contributed by atoms with Gasteiger partial charge in [0.2, 0.25) is 0 Å². The Morgan fingerprint density at radius 1 is 0.872 bits per heavy atom. The summed E-state index contributed by atoms with van der Waals surface area (Å²) in [6.45, 7) is -0.336. The number of carboxylic acid groups (broad SMARTS) is 1. The van der Waals surface area contributed by atoms with Crippen molar-refractivity contribution in [2.24, 2.45) is 0 Å². The van der Waals surface area contributed by atoms with E-state index in [4.69, 9.17) is 32.7 Å². The first-order chi connectivity index (χ1) is 18.7. The molecule has 3 aromatic rings. The zero-order valence-electron chi connectivity index (χ0n) is 20.1. The summed E-state index contributed by atoms with van der Waals surface area (Å²) in [6, 6.07) is 12.7. The molecule has 0 bridgehead atoms. The molecule has 3 atom stereocenters. The smallest absolute Gasteiger partial charge is 0.326 e. The maximum absolute atomic E-state index is 12.9. The quantitative estimate of drug-likeness (QED) is 0.304. The van der Waals surface area contributed by atoms with Gasteiger partial charge < -0.3 is 30.5 Å². The maximum atomic E-state index is 12.9. The van der Waals surface area contributed by atoms with Gasteiger partial charge >= 0.3 is 5.97 Å². The lowest BCUT2D eigenvalue weighted by molar-refractivity contribution is -0.144. The Hall–Kier alpha value is -4.03. The number of nitrogens with zero attached hydrogens (tertiary/aromatic N) is 1. The second-order valence-electron chi connectivity index (χ2n) is 8.43. The molecule has 3 unspecified atom stereocenters. The number of rotatable bonds is 9. The highest BCUT2D eigenvalue weighted by Crippen LogP contribution is 2.24. The van der Waals surface area contributed by atoms with Crippen molar-refractivity contribution in [1.29, 1.82) is 0 Å². The predicted octanol–water partition coefficient (Wildman–Crippen LogP) is 3.13. The Bertz CT molecular complexity index is 1350. The number of carbonyl (C=O) groups is 4. The number of benzene rings is 2. The number of pyridine rings is 1. The van der Waals surface area contributed by atoms with Crippen LogP contribution in [0.15, 0.2) is 67.0 Å². The average Bonchev–Trinajstić information content (AvgIpc) is 3.40. The minimum Gasteiger partial charge on any atom is -0.480 e. The second kappa shape index (κ2) is 12.7. The van der Waals surface area contributed by atoms with Crippen LogP contribution in [-0.4, -0.2) is 58.8 Å². The van der Waals surface area contributed by atoms with Gasteiger partial charge in [0.05, 0.1) is 0 Å². The first kappa shape index (κ1) is 28.0. The summed E-state index contributed by atoms with van der Waals surface area (Å²) in [5.41, 5.74) is 1.81. The largest absolute Gasteiger partial charge is 0.480 e. The molecular weight excluding hydrogens is 551 g/mol. The van der Waals surface area contributed by atoms with Gasteiger partial charge in [-0.1, -0.05) is 35.3 Å². The lowest BCUT2D eigenvalue weighted by atomic mass is 10.0. The molecule has 11 nitrogen and oxygen atoms in total. The molecule has 39 heavy (non-hydrogen) atoms. The van der Waals surface area contributed by atoms with Crippen LogP contribution in [0.4, 0.5) is 11.4 Å². The lowest BCUT2D eigenvalue weighted by Gasteiger charge is -2.20. The van der Waals surface area contributed by atoms with Gasteiger partial charge in [-0.25, -0.2) is 4.79 Å². The summed E-state index contributed by atoms with van der Waals surface area (Å²) < 4.78 is 10.5. The van der Waals surface area contributed by atoms with Crippen LogP contribution < -0.4 is 16.0 Å². The van der Waals surface area contributed by atoms with Gasteiger partial charge in [-0.3, -0.25) is 19.4 Å². The predicted molar refractivity (Wildman–Crippen MR) is 142 cm³/mol. The Balaban J connectivity index is 1.36. The number of ether oxygens (including phenoxy) is 2. The summed E-state index contributed by atoms with van der Waals surface area (Å²) in [4.78, 5) is 53.7. The van der Waals surface area contributed by atoms with Crippen LogP contribution in [0, 0.1) is 0 Å². The number of aromatic nitrogens is 1. The van der Waals surface area contributed by atoms with Gasteiger partial charge in [0.25, 0.3) is 17.7 Å². The molecule has 4 N–H and O–H groups in total. The van der Waals surface area contributed by atoms with E-state index in [-0.39, 0.29) is 24.8 Å². The van der Waals surface area contributed by atoms with Gasteiger partial charge in [-0.2, -0.15) is 0 Å². The Morgan fingerprint density at radius 2 is 1.49 bits per heavy atom. The number of anilines is 2. The lowest BCUT2D eigenvalue weighted by Crippen LogP contribution is -2.51. The molecule has 0 saturated carbocycles. The molecule has 0 spiro atoms. The number of hydrogen-bond acceptors (Lipinski definition) is 7. The van der Waals surface area contributed by atoms with Crippen molar-refractivity contribution in [3.63, 3.8) is 0 Å². The monoisotopic (exact) mass is 572 g/mol. The van der Waals surface area contributed by atoms with E-state index in [2.05, 4.69) is 20.9 Å². The summed E-state index contributed by atoms with van der Waals surface area (Å²) in [5, 5.41) is 18.0. The van der Waals surface area contributed by atoms with Crippen molar-refractivity contribution in [2.45, 2.75) is 24.7 Å². The van der Waals surface area contributed by atoms with E-state index in [1.165, 1.54) is 30.6 Å². The van der Waals surface area contributed by atoms with Crippen LogP contribution in [0.2, 0.25) is 10.0 Å². The van der Waals surface area contributed by atoms with Crippen molar-refractivity contribution < 1.29 is 33.8 Å². The highest BCUT2D eigenvalue weighted by Gasteiger charge is 2.41. The molecule has 1 aliphatic rings. The van der Waals surface area contributed by atoms with E-state index in [9.17, 15) is 24.3 Å². The summed E-state index contributed by atoms with van der Waals surface area (Å²) in [6.07, 6.45) is 0.231. The molecule has 202 valence electrons. The molecule has 2 heterocycles. The van der Waals surface area contributed by atoms with Gasteiger partial charge in [0, 0.05) is 45.8 Å². The molecule has 1 aromatic heterocycles. The fourth-order valence-electron chi connectivity index (χ4n) is 3.75. The molecule has 13 heteroatoms. The van der Waals surface area contributed by atoms with E-state index in [0.29, 0.717) is 26.9 Å². The number of carboxylic acids is 1. The minimum atomic E-state index is -1.38. The van der Waals surface area contributed by atoms with Crippen molar-refractivity contribution in [3.8, 4) is 0 Å². The van der Waals surface area contributed by atoms with Crippen LogP contribution in [0.5, 0.6) is 0 Å². The van der Waals surface area contributed by atoms with Crippen LogP contribution >= 0.6 is 23.2 Å². The second-order valence-corrected chi connectivity index (χ2v) is 9.30. The number of aliphatic carboxylic acids is 1. The average molecular weight is 573 g/mol. The van der Waals surface area contributed by atoms with Crippen LogP contribution in [0.25, 0.3) is 0 Å². The first-order valence-corrected chi connectivity index (χ1v) is 12.3. The number of hydrogen-bond donors (Lipinski definition) is 4. The third-order valence-electron chi connectivity index (χ3n) is 5.63. The molecule has 1 saturated heterocycles. The zero-order valence-corrected chi connectivity index (χ0v) is 21.6. The molecule has 1 aliphatic heterocycles. The van der Waals surface area contributed by atoms with Crippen LogP contribution in [0.3, 0.4) is 0 Å². The SMILES string of the molecule is O=C(Nc1ccc(CC(NC(=O)C2OCOC2C(=O)Nc2cc(Cl)cc(Cl)c2)C(=O)O)cc1)c1ccncc1. The van der Waals surface area contributed by atoms with E-state index in [1.54, 1.807) is 36.4 Å². The highest BCUT2D eigenvalue weighted by molar-refractivity contribution is 6.35. The molecule has 1 fully saturated rings. The third-order valence-corrected chi connectivity index (χ3v) is 6.06. The van der Waals surface area contributed by atoms with E-state index >= 15 is 0 Å². The minimum absolute atomic E-state index is 0.0644. The number of amides is 3. The van der Waals surface area contributed by atoms with E-state index in [1.807, 2.05) is 0 Å². The van der Waals surface area contributed by atoms with Crippen molar-refractivity contribution in [1.82, 2.24) is 10.3 Å². The molecule has 2 aromatic carbocycles. The summed E-state index contributed by atoms with van der Waals surface area (Å²) >= 11 is 11.9. The third kappa shape index (κ3) is 7.52. The topological polar surface area (TPSA) is 156 Å². The fraction of sp³-hybridized carbons (Fsp3) is 0.192. The van der Waals surface area contributed by atoms with Gasteiger partial charge in [0.1, 0.15) is 12.8 Å². The Morgan fingerprint density at radius 3 is 2.10 bits per heavy atom. The fourth-order valence-corrected chi connectivity index (χ4v) is 4.27. The Kier molecular flexibility index (Phi) is 9.10. The van der Waals surface area contributed by atoms with Crippen LogP contribution in [-0.2, 0) is 30.3 Å². The highest BCUT2D eigenvalue weighted by atomic mass is 35.5. The molecule has 4 rings (SSSR count). The molecule has 0 aliphatic carbocycles. The number of carbonyl (C=O) groups excluding carboxylic acids is 3. The molecule has 3 amide bonds. The standard InChI is InChI=1S/C26H22Cl2N4O7/c27-16-10-17(28)12-19(11-16)31-24(34)21-22(39-13-38-21)25(35)32-20(26(36)37)9-14-1-3-18(4-2-14)30-23(33)15-5-7-29-8-6-15/h1-8,10-12,20-22H,9,13H2,(H,30,33)(H,31,34)(H,32,35)(H,36,37). The summed E-state index contributed by atoms with van der Waals surface area (Å²) in [7, 11) is 0. The zero-order chi connectivity index (χ0) is 27.9. The van der Waals surface area contributed by atoms with E-state index in [0.717, 1.165) is 0 Å². The van der Waals surface area contributed by atoms with Crippen molar-refractivity contribution in [3.05, 3.63) is 88.2 Å². The molecular formula is C26H22Cl2N4O7. The van der Waals surface area contributed by atoms with Crippen molar-refractivity contribution >= 4 is 58.3 Å². The van der Waals surface area contributed by atoms with Crippen molar-refractivity contribution in [2.75, 3.05) is 17.4 Å². The number of nitrogens with one attached hydrogen (secondary N) is 3. The van der Waals surface area contributed by atoms with Gasteiger partial charge in [-0.15, -0.1) is 0 Å². The normalized spacial score (nSPS) is 17.2. The maximum Gasteiger partial charge on any atom is 0.326 e. The summed E-state index contributed by atoms with van der Waals surface area (Å²) in [5.74, 6) is -3.13.